The van der Waals surface area contributed by atoms with Gasteiger partial charge in [-0.1, -0.05) is 0 Å². The molecule has 0 radical (unpaired) electrons. The lowest BCUT2D eigenvalue weighted by Gasteiger charge is -2.32. The third kappa shape index (κ3) is 3.11. The molecule has 0 bridgehead atoms. The lowest BCUT2D eigenvalue weighted by atomic mass is 9.94. The monoisotopic (exact) mass is 361 g/mol. The van der Waals surface area contributed by atoms with Crippen LogP contribution < -0.4 is 18.9 Å². The fraction of sp³-hybridized carbons (Fsp3) is 0.333. The topological polar surface area (TPSA) is 73.9 Å². The standard InChI is InChI=1S/C18H19NO5S/c1-18(2)8-7-12-9-14(4-6-15(12)24-18)25(20,21)19-13-3-5-16-17(10-13)23-11-22-16/h3-6,9-10,19H,7-8,11H2,1-2H3. The molecule has 0 atom stereocenters. The number of ether oxygens (including phenoxy) is 3. The van der Waals surface area contributed by atoms with E-state index in [-0.39, 0.29) is 17.3 Å². The first-order valence-corrected chi connectivity index (χ1v) is 9.55. The zero-order chi connectivity index (χ0) is 17.7. The summed E-state index contributed by atoms with van der Waals surface area (Å²) in [7, 11) is -3.69. The van der Waals surface area contributed by atoms with Crippen molar-refractivity contribution in [2.24, 2.45) is 0 Å². The molecule has 6 nitrogen and oxygen atoms in total. The van der Waals surface area contributed by atoms with Gasteiger partial charge in [0.25, 0.3) is 10.0 Å². The van der Waals surface area contributed by atoms with Crippen LogP contribution in [0.5, 0.6) is 17.2 Å². The number of anilines is 1. The number of hydrogen-bond acceptors (Lipinski definition) is 5. The molecule has 1 N–H and O–H groups in total. The Balaban J connectivity index is 1.60. The van der Waals surface area contributed by atoms with E-state index in [0.717, 1.165) is 24.2 Å². The molecule has 0 amide bonds. The zero-order valence-corrected chi connectivity index (χ0v) is 14.9. The van der Waals surface area contributed by atoms with Crippen LogP contribution in [0.3, 0.4) is 0 Å². The minimum atomic E-state index is -3.69. The van der Waals surface area contributed by atoms with Gasteiger partial charge in [-0.2, -0.15) is 0 Å². The second-order valence-electron chi connectivity index (χ2n) is 6.80. The molecule has 0 aromatic heterocycles. The highest BCUT2D eigenvalue weighted by Crippen LogP contribution is 2.36. The Kier molecular flexibility index (Phi) is 3.57. The predicted molar refractivity (Wildman–Crippen MR) is 92.8 cm³/mol. The Morgan fingerprint density at radius 3 is 2.60 bits per heavy atom. The number of benzene rings is 2. The summed E-state index contributed by atoms with van der Waals surface area (Å²) in [5.74, 6) is 1.89. The maximum absolute atomic E-state index is 12.7. The van der Waals surface area contributed by atoms with Crippen LogP contribution in [-0.4, -0.2) is 20.8 Å². The third-order valence-electron chi connectivity index (χ3n) is 4.35. The summed E-state index contributed by atoms with van der Waals surface area (Å²) in [4.78, 5) is 0.215. The second-order valence-corrected chi connectivity index (χ2v) is 8.49. The average Bonchev–Trinajstić information content (AvgIpc) is 3.00. The van der Waals surface area contributed by atoms with E-state index in [1.807, 2.05) is 13.8 Å². The molecule has 25 heavy (non-hydrogen) atoms. The van der Waals surface area contributed by atoms with E-state index >= 15 is 0 Å². The summed E-state index contributed by atoms with van der Waals surface area (Å²) in [6.45, 7) is 4.20. The van der Waals surface area contributed by atoms with Gasteiger partial charge in [-0.15, -0.1) is 0 Å². The molecule has 2 aliphatic rings. The van der Waals surface area contributed by atoms with E-state index in [1.165, 1.54) is 0 Å². The molecular formula is C18H19NO5S. The van der Waals surface area contributed by atoms with Crippen molar-refractivity contribution >= 4 is 15.7 Å². The van der Waals surface area contributed by atoms with Gasteiger partial charge >= 0.3 is 0 Å². The Bertz CT molecular complexity index is 936. The summed E-state index contributed by atoms with van der Waals surface area (Å²) in [6.07, 6.45) is 1.63. The van der Waals surface area contributed by atoms with Crippen molar-refractivity contribution in [3.8, 4) is 17.2 Å². The van der Waals surface area contributed by atoms with Crippen molar-refractivity contribution in [2.45, 2.75) is 37.2 Å². The first-order chi connectivity index (χ1) is 11.8. The van der Waals surface area contributed by atoms with Crippen molar-refractivity contribution < 1.29 is 22.6 Å². The van der Waals surface area contributed by atoms with E-state index < -0.39 is 10.0 Å². The highest BCUT2D eigenvalue weighted by atomic mass is 32.2. The quantitative estimate of drug-likeness (QED) is 0.908. The minimum Gasteiger partial charge on any atom is -0.488 e. The minimum absolute atomic E-state index is 0.146. The largest absolute Gasteiger partial charge is 0.488 e. The van der Waals surface area contributed by atoms with Crippen molar-refractivity contribution in [1.29, 1.82) is 0 Å². The average molecular weight is 361 g/mol. The Hall–Kier alpha value is -2.41. The fourth-order valence-electron chi connectivity index (χ4n) is 2.98. The summed E-state index contributed by atoms with van der Waals surface area (Å²) >= 11 is 0. The SMILES string of the molecule is CC1(C)CCc2cc(S(=O)(=O)Nc3ccc4c(c3)OCO4)ccc2O1. The van der Waals surface area contributed by atoms with Crippen LogP contribution in [0, 0.1) is 0 Å². The lowest BCUT2D eigenvalue weighted by molar-refractivity contribution is 0.0845. The van der Waals surface area contributed by atoms with E-state index in [9.17, 15) is 8.42 Å². The number of sulfonamides is 1. The predicted octanol–water partition coefficient (Wildman–Crippen LogP) is 3.32. The Morgan fingerprint density at radius 1 is 1.00 bits per heavy atom. The van der Waals surface area contributed by atoms with Gasteiger partial charge in [0.15, 0.2) is 11.5 Å². The van der Waals surface area contributed by atoms with Gasteiger partial charge in [0.2, 0.25) is 6.79 Å². The zero-order valence-electron chi connectivity index (χ0n) is 14.0. The van der Waals surface area contributed by atoms with Gasteiger partial charge < -0.3 is 14.2 Å². The number of fused-ring (bicyclic) bond motifs is 2. The van der Waals surface area contributed by atoms with E-state index in [4.69, 9.17) is 14.2 Å². The maximum Gasteiger partial charge on any atom is 0.261 e. The molecule has 0 saturated carbocycles. The smallest absolute Gasteiger partial charge is 0.261 e. The highest BCUT2D eigenvalue weighted by molar-refractivity contribution is 7.92. The van der Waals surface area contributed by atoms with Crippen LogP contribution in [-0.2, 0) is 16.4 Å². The molecule has 0 spiro atoms. The molecule has 2 heterocycles. The summed E-state index contributed by atoms with van der Waals surface area (Å²) in [5.41, 5.74) is 1.12. The fourth-order valence-corrected chi connectivity index (χ4v) is 4.08. The van der Waals surface area contributed by atoms with Gasteiger partial charge in [0.1, 0.15) is 11.4 Å². The first-order valence-electron chi connectivity index (χ1n) is 8.07. The van der Waals surface area contributed by atoms with E-state index in [2.05, 4.69) is 4.72 Å². The first kappa shape index (κ1) is 16.1. The van der Waals surface area contributed by atoms with Crippen molar-refractivity contribution in [1.82, 2.24) is 0 Å². The third-order valence-corrected chi connectivity index (χ3v) is 5.73. The molecule has 0 saturated heterocycles. The lowest BCUT2D eigenvalue weighted by Crippen LogP contribution is -2.32. The second kappa shape index (κ2) is 5.56. The van der Waals surface area contributed by atoms with Gasteiger partial charge in [0.05, 0.1) is 10.6 Å². The van der Waals surface area contributed by atoms with Crippen LogP contribution in [0.1, 0.15) is 25.8 Å². The van der Waals surface area contributed by atoms with E-state index in [0.29, 0.717) is 17.2 Å². The maximum atomic E-state index is 12.7. The number of nitrogens with one attached hydrogen (secondary N) is 1. The van der Waals surface area contributed by atoms with Gasteiger partial charge in [-0.25, -0.2) is 8.42 Å². The molecule has 4 rings (SSSR count). The van der Waals surface area contributed by atoms with Crippen LogP contribution >= 0.6 is 0 Å². The van der Waals surface area contributed by atoms with Crippen molar-refractivity contribution in [3.63, 3.8) is 0 Å². The molecule has 0 fully saturated rings. The molecule has 0 aliphatic carbocycles. The van der Waals surface area contributed by atoms with Crippen molar-refractivity contribution in [2.75, 3.05) is 11.5 Å². The van der Waals surface area contributed by atoms with Crippen LogP contribution in [0.15, 0.2) is 41.3 Å². The summed E-state index contributed by atoms with van der Waals surface area (Å²) in [6, 6.07) is 9.92. The van der Waals surface area contributed by atoms with Crippen LogP contribution in [0.25, 0.3) is 0 Å². The summed E-state index contributed by atoms with van der Waals surface area (Å²) < 4.78 is 44.4. The molecule has 0 unspecified atom stereocenters. The normalized spacial score (nSPS) is 17.5. The highest BCUT2D eigenvalue weighted by Gasteiger charge is 2.28. The van der Waals surface area contributed by atoms with Crippen LogP contribution in [0.2, 0.25) is 0 Å². The van der Waals surface area contributed by atoms with Crippen molar-refractivity contribution in [3.05, 3.63) is 42.0 Å². The van der Waals surface area contributed by atoms with Gasteiger partial charge in [-0.3, -0.25) is 4.72 Å². The molecular weight excluding hydrogens is 342 g/mol. The molecule has 2 aromatic carbocycles. The molecule has 2 aromatic rings. The summed E-state index contributed by atoms with van der Waals surface area (Å²) in [5, 5.41) is 0. The van der Waals surface area contributed by atoms with Gasteiger partial charge in [-0.05, 0) is 62.6 Å². The Morgan fingerprint density at radius 2 is 1.76 bits per heavy atom. The molecule has 132 valence electrons. The number of rotatable bonds is 3. The molecule has 7 heteroatoms. The number of hydrogen-bond donors (Lipinski definition) is 1. The van der Waals surface area contributed by atoms with Crippen LogP contribution in [0.4, 0.5) is 5.69 Å². The number of aryl methyl sites for hydroxylation is 1. The molecule has 2 aliphatic heterocycles. The van der Waals surface area contributed by atoms with Gasteiger partial charge in [0, 0.05) is 6.07 Å². The Labute approximate surface area is 146 Å². The van der Waals surface area contributed by atoms with E-state index in [1.54, 1.807) is 36.4 Å².